The standard InChI is InChI=1S/C17H14BrFN4O2S/c1-8-9(2)26-17-15(8)16(25)21-13(22-17)6-14(24)23-20-7-10-5-11(18)3-4-12(10)19/h3-5,7H,6H2,1-2H3,(H,23,24)(H,21,22,25)/b20-7+. The summed E-state index contributed by atoms with van der Waals surface area (Å²) in [5.74, 6) is -0.666. The lowest BCUT2D eigenvalue weighted by molar-refractivity contribution is -0.120. The fourth-order valence-corrected chi connectivity index (χ4v) is 3.79. The maximum atomic E-state index is 13.6. The number of fused-ring (bicyclic) bond motifs is 1. The molecule has 6 nitrogen and oxygen atoms in total. The van der Waals surface area contributed by atoms with Crippen molar-refractivity contribution < 1.29 is 9.18 Å². The fourth-order valence-electron chi connectivity index (χ4n) is 2.36. The number of nitrogens with zero attached hydrogens (tertiary/aromatic N) is 2. The Balaban J connectivity index is 1.72. The fraction of sp³-hybridized carbons (Fsp3) is 0.176. The predicted molar refractivity (Wildman–Crippen MR) is 103 cm³/mol. The van der Waals surface area contributed by atoms with E-state index in [9.17, 15) is 14.0 Å². The largest absolute Gasteiger partial charge is 0.309 e. The number of amides is 1. The number of carbonyl (C=O) groups excluding carboxylic acids is 1. The molecule has 0 saturated carbocycles. The van der Waals surface area contributed by atoms with Gasteiger partial charge in [-0.2, -0.15) is 5.10 Å². The third-order valence-corrected chi connectivity index (χ3v) is 5.36. The van der Waals surface area contributed by atoms with Crippen molar-refractivity contribution in [2.45, 2.75) is 20.3 Å². The number of hydrazone groups is 1. The molecule has 3 rings (SSSR count). The van der Waals surface area contributed by atoms with Crippen LogP contribution in [0.2, 0.25) is 0 Å². The number of aromatic nitrogens is 2. The summed E-state index contributed by atoms with van der Waals surface area (Å²) in [6.45, 7) is 3.79. The van der Waals surface area contributed by atoms with Crippen LogP contribution < -0.4 is 11.0 Å². The Labute approximate surface area is 160 Å². The quantitative estimate of drug-likeness (QED) is 0.486. The number of H-pyrrole nitrogens is 1. The van der Waals surface area contributed by atoms with Crippen molar-refractivity contribution in [3.8, 4) is 0 Å². The number of rotatable bonds is 4. The average molecular weight is 437 g/mol. The van der Waals surface area contributed by atoms with E-state index in [2.05, 4.69) is 36.4 Å². The molecule has 26 heavy (non-hydrogen) atoms. The van der Waals surface area contributed by atoms with Crippen LogP contribution in [0.1, 0.15) is 21.8 Å². The highest BCUT2D eigenvalue weighted by Gasteiger charge is 2.13. The van der Waals surface area contributed by atoms with Gasteiger partial charge in [-0.15, -0.1) is 11.3 Å². The minimum Gasteiger partial charge on any atom is -0.309 e. The summed E-state index contributed by atoms with van der Waals surface area (Å²) in [4.78, 5) is 32.7. The first-order chi connectivity index (χ1) is 12.3. The van der Waals surface area contributed by atoms with Crippen molar-refractivity contribution in [1.29, 1.82) is 0 Å². The monoisotopic (exact) mass is 436 g/mol. The van der Waals surface area contributed by atoms with Gasteiger partial charge in [-0.05, 0) is 37.6 Å². The number of hydrogen-bond donors (Lipinski definition) is 2. The number of aryl methyl sites for hydroxylation is 2. The Morgan fingerprint density at radius 1 is 1.46 bits per heavy atom. The van der Waals surface area contributed by atoms with Crippen molar-refractivity contribution in [2.24, 2.45) is 5.10 Å². The number of hydrogen-bond acceptors (Lipinski definition) is 5. The van der Waals surface area contributed by atoms with Crippen LogP contribution in [0.25, 0.3) is 10.2 Å². The van der Waals surface area contributed by atoms with Gasteiger partial charge in [-0.25, -0.2) is 14.8 Å². The molecule has 134 valence electrons. The summed E-state index contributed by atoms with van der Waals surface area (Å²) < 4.78 is 14.3. The van der Waals surface area contributed by atoms with Crippen LogP contribution in [0.3, 0.4) is 0 Å². The summed E-state index contributed by atoms with van der Waals surface area (Å²) in [6, 6.07) is 4.40. The molecular formula is C17H14BrFN4O2S. The van der Waals surface area contributed by atoms with E-state index in [-0.39, 0.29) is 23.4 Å². The molecular weight excluding hydrogens is 423 g/mol. The van der Waals surface area contributed by atoms with Gasteiger partial charge < -0.3 is 4.98 Å². The van der Waals surface area contributed by atoms with Crippen molar-refractivity contribution >= 4 is 49.6 Å². The molecule has 1 aromatic carbocycles. The van der Waals surface area contributed by atoms with Gasteiger partial charge in [0.25, 0.3) is 5.56 Å². The number of benzene rings is 1. The number of aromatic amines is 1. The Morgan fingerprint density at radius 3 is 3.00 bits per heavy atom. The van der Waals surface area contributed by atoms with Gasteiger partial charge in [0.2, 0.25) is 5.91 Å². The van der Waals surface area contributed by atoms with Crippen LogP contribution in [0.5, 0.6) is 0 Å². The molecule has 0 aliphatic carbocycles. The maximum absolute atomic E-state index is 13.6. The first kappa shape index (κ1) is 18.4. The molecule has 0 bridgehead atoms. The molecule has 1 amide bonds. The lowest BCUT2D eigenvalue weighted by atomic mass is 10.2. The number of carbonyl (C=O) groups is 1. The molecule has 3 aromatic rings. The second kappa shape index (κ2) is 7.46. The Hall–Kier alpha value is -2.39. The normalized spacial score (nSPS) is 11.4. The van der Waals surface area contributed by atoms with Crippen molar-refractivity contribution in [1.82, 2.24) is 15.4 Å². The third kappa shape index (κ3) is 3.88. The van der Waals surface area contributed by atoms with E-state index in [0.717, 1.165) is 10.4 Å². The van der Waals surface area contributed by atoms with Crippen LogP contribution in [-0.4, -0.2) is 22.1 Å². The molecule has 2 aromatic heterocycles. The number of thiophene rings is 1. The summed E-state index contributed by atoms with van der Waals surface area (Å²) in [6.07, 6.45) is 1.07. The van der Waals surface area contributed by atoms with Crippen molar-refractivity contribution in [3.63, 3.8) is 0 Å². The summed E-state index contributed by atoms with van der Waals surface area (Å²) in [7, 11) is 0. The van der Waals surface area contributed by atoms with Crippen molar-refractivity contribution in [3.05, 3.63) is 60.7 Å². The van der Waals surface area contributed by atoms with Crippen LogP contribution in [0.4, 0.5) is 4.39 Å². The third-order valence-electron chi connectivity index (χ3n) is 3.77. The minimum atomic E-state index is -0.468. The molecule has 0 spiro atoms. The molecule has 0 fully saturated rings. The Kier molecular flexibility index (Phi) is 5.28. The van der Waals surface area contributed by atoms with E-state index < -0.39 is 11.7 Å². The highest BCUT2D eigenvalue weighted by Crippen LogP contribution is 2.25. The highest BCUT2D eigenvalue weighted by atomic mass is 79.9. The van der Waals surface area contributed by atoms with E-state index in [1.807, 2.05) is 13.8 Å². The number of nitrogens with one attached hydrogen (secondary N) is 2. The second-order valence-electron chi connectivity index (χ2n) is 5.61. The molecule has 0 saturated heterocycles. The predicted octanol–water partition coefficient (Wildman–Crippen LogP) is 3.20. The zero-order valence-corrected chi connectivity index (χ0v) is 16.3. The smallest absolute Gasteiger partial charge is 0.259 e. The molecule has 0 radical (unpaired) electrons. The van der Waals surface area contributed by atoms with E-state index in [4.69, 9.17) is 0 Å². The molecule has 0 unspecified atom stereocenters. The lowest BCUT2D eigenvalue weighted by Gasteiger charge is -2.01. The zero-order valence-electron chi connectivity index (χ0n) is 13.9. The zero-order chi connectivity index (χ0) is 18.8. The van der Waals surface area contributed by atoms with Gasteiger partial charge in [0.1, 0.15) is 16.5 Å². The van der Waals surface area contributed by atoms with Gasteiger partial charge in [0, 0.05) is 14.9 Å². The van der Waals surface area contributed by atoms with Crippen molar-refractivity contribution in [2.75, 3.05) is 0 Å². The van der Waals surface area contributed by atoms with Gasteiger partial charge in [-0.3, -0.25) is 9.59 Å². The second-order valence-corrected chi connectivity index (χ2v) is 7.73. The molecule has 0 atom stereocenters. The first-order valence-electron chi connectivity index (χ1n) is 7.61. The summed E-state index contributed by atoms with van der Waals surface area (Å²) >= 11 is 4.65. The molecule has 2 N–H and O–H groups in total. The van der Waals surface area contributed by atoms with Gasteiger partial charge >= 0.3 is 0 Å². The van der Waals surface area contributed by atoms with Gasteiger partial charge in [0.05, 0.1) is 18.0 Å². The van der Waals surface area contributed by atoms with Crippen LogP contribution >= 0.6 is 27.3 Å². The molecule has 0 aliphatic heterocycles. The Bertz CT molecular complexity index is 1090. The first-order valence-corrected chi connectivity index (χ1v) is 9.22. The van der Waals surface area contributed by atoms with E-state index in [0.29, 0.717) is 14.7 Å². The van der Waals surface area contributed by atoms with E-state index in [1.54, 1.807) is 12.1 Å². The van der Waals surface area contributed by atoms with Crippen LogP contribution in [0.15, 0.2) is 32.6 Å². The summed E-state index contributed by atoms with van der Waals surface area (Å²) in [5, 5.41) is 4.30. The topological polar surface area (TPSA) is 87.2 Å². The van der Waals surface area contributed by atoms with Crippen LogP contribution in [-0.2, 0) is 11.2 Å². The number of halogens is 2. The Morgan fingerprint density at radius 2 is 2.23 bits per heavy atom. The average Bonchev–Trinajstić information content (AvgIpc) is 2.85. The van der Waals surface area contributed by atoms with Gasteiger partial charge in [-0.1, -0.05) is 15.9 Å². The molecule has 2 heterocycles. The minimum absolute atomic E-state index is 0.139. The van der Waals surface area contributed by atoms with Gasteiger partial charge in [0.15, 0.2) is 0 Å². The summed E-state index contributed by atoms with van der Waals surface area (Å²) in [5.41, 5.74) is 3.17. The SMILES string of the molecule is Cc1sc2nc(CC(=O)N/N=C/c3cc(Br)ccc3F)[nH]c(=O)c2c1C. The lowest BCUT2D eigenvalue weighted by Crippen LogP contribution is -2.23. The molecule has 9 heteroatoms. The maximum Gasteiger partial charge on any atom is 0.259 e. The molecule has 0 aliphatic rings. The highest BCUT2D eigenvalue weighted by molar-refractivity contribution is 9.10. The van der Waals surface area contributed by atoms with Crippen LogP contribution in [0, 0.1) is 19.7 Å². The van der Waals surface area contributed by atoms with E-state index >= 15 is 0 Å². The van der Waals surface area contributed by atoms with E-state index in [1.165, 1.54) is 23.6 Å².